The van der Waals surface area contributed by atoms with Gasteiger partial charge in [-0.05, 0) is 41.3 Å². The number of carbonyl (C=O) groups excluding carboxylic acids is 2. The first-order valence-electron chi connectivity index (χ1n) is 10.8. The second kappa shape index (κ2) is 11.0. The molecule has 6 nitrogen and oxygen atoms in total. The minimum absolute atomic E-state index is 0.0305. The van der Waals surface area contributed by atoms with E-state index in [-0.39, 0.29) is 36.4 Å². The van der Waals surface area contributed by atoms with Crippen molar-refractivity contribution >= 4 is 23.6 Å². The third-order valence-electron chi connectivity index (χ3n) is 5.07. The summed E-state index contributed by atoms with van der Waals surface area (Å²) in [7, 11) is 1.56. The van der Waals surface area contributed by atoms with Crippen LogP contribution in [0.1, 0.15) is 36.8 Å². The van der Waals surface area contributed by atoms with Gasteiger partial charge in [-0.3, -0.25) is 9.59 Å². The Labute approximate surface area is 200 Å². The van der Waals surface area contributed by atoms with E-state index in [0.717, 1.165) is 5.56 Å². The number of rotatable bonds is 9. The van der Waals surface area contributed by atoms with Crippen LogP contribution in [0.15, 0.2) is 48.5 Å². The fourth-order valence-electron chi connectivity index (χ4n) is 3.65. The number of carbonyl (C=O) groups is 2. The van der Waals surface area contributed by atoms with Crippen molar-refractivity contribution in [2.45, 2.75) is 43.8 Å². The van der Waals surface area contributed by atoms with Gasteiger partial charge in [-0.25, -0.2) is 0 Å². The van der Waals surface area contributed by atoms with E-state index in [9.17, 15) is 22.8 Å². The van der Waals surface area contributed by atoms with Gasteiger partial charge in [-0.2, -0.15) is 0 Å². The van der Waals surface area contributed by atoms with Gasteiger partial charge >= 0.3 is 6.36 Å². The zero-order valence-corrected chi connectivity index (χ0v) is 19.9. The number of benzene rings is 2. The van der Waals surface area contributed by atoms with Gasteiger partial charge in [0, 0.05) is 19.5 Å². The van der Waals surface area contributed by atoms with Crippen LogP contribution in [0.3, 0.4) is 0 Å². The van der Waals surface area contributed by atoms with Crippen molar-refractivity contribution in [3.8, 4) is 11.5 Å². The van der Waals surface area contributed by atoms with E-state index in [1.54, 1.807) is 24.1 Å². The molecule has 2 aromatic carbocycles. The lowest BCUT2D eigenvalue weighted by Crippen LogP contribution is -2.36. The van der Waals surface area contributed by atoms with Crippen LogP contribution in [0.2, 0.25) is 0 Å². The Kier molecular flexibility index (Phi) is 8.35. The summed E-state index contributed by atoms with van der Waals surface area (Å²) in [6.45, 7) is 4.61. The van der Waals surface area contributed by atoms with Gasteiger partial charge in [0.2, 0.25) is 11.8 Å². The minimum atomic E-state index is -4.81. The topological polar surface area (TPSA) is 67.9 Å². The molecule has 0 aliphatic carbocycles. The molecule has 34 heavy (non-hydrogen) atoms. The van der Waals surface area contributed by atoms with Crippen molar-refractivity contribution in [3.63, 3.8) is 0 Å². The van der Waals surface area contributed by atoms with E-state index >= 15 is 0 Å². The van der Waals surface area contributed by atoms with Crippen molar-refractivity contribution in [2.24, 2.45) is 5.92 Å². The normalized spacial score (nSPS) is 18.3. The quantitative estimate of drug-likeness (QED) is 0.535. The standard InChI is InChI=1S/C24H27F3N2O4S/c1-15(2)14-29-22(31)20(12-21(30)28-13-16-6-4-8-18(10-16)32-3)34-23(29)17-7-5-9-19(11-17)33-24(25,26)27/h4-11,15,20,23H,12-14H2,1-3H3,(H,28,30). The summed E-state index contributed by atoms with van der Waals surface area (Å²) in [4.78, 5) is 27.3. The zero-order valence-electron chi connectivity index (χ0n) is 19.1. The second-order valence-corrected chi connectivity index (χ2v) is 9.60. The first kappa shape index (κ1) is 25.7. The van der Waals surface area contributed by atoms with Gasteiger partial charge in [-0.1, -0.05) is 38.1 Å². The largest absolute Gasteiger partial charge is 0.573 e. The van der Waals surface area contributed by atoms with Gasteiger partial charge in [0.25, 0.3) is 0 Å². The van der Waals surface area contributed by atoms with Gasteiger partial charge < -0.3 is 19.7 Å². The Morgan fingerprint density at radius 2 is 1.85 bits per heavy atom. The molecule has 2 amide bonds. The molecule has 1 heterocycles. The van der Waals surface area contributed by atoms with Crippen molar-refractivity contribution in [1.82, 2.24) is 10.2 Å². The zero-order chi connectivity index (χ0) is 24.9. The Balaban J connectivity index is 1.70. The molecule has 1 aliphatic heterocycles. The molecule has 1 saturated heterocycles. The van der Waals surface area contributed by atoms with Gasteiger partial charge in [0.15, 0.2) is 0 Å². The van der Waals surface area contributed by atoms with Crippen molar-refractivity contribution in [3.05, 3.63) is 59.7 Å². The Hall–Kier alpha value is -2.88. The lowest BCUT2D eigenvalue weighted by atomic mass is 10.1. The number of amides is 2. The number of nitrogens with zero attached hydrogens (tertiary/aromatic N) is 1. The van der Waals surface area contributed by atoms with Crippen LogP contribution in [0, 0.1) is 5.92 Å². The number of thioether (sulfide) groups is 1. The number of methoxy groups -OCH3 is 1. The first-order chi connectivity index (χ1) is 16.1. The van der Waals surface area contributed by atoms with Crippen molar-refractivity contribution in [1.29, 1.82) is 0 Å². The average molecular weight is 497 g/mol. The first-order valence-corrected chi connectivity index (χ1v) is 11.7. The number of halogens is 3. The van der Waals surface area contributed by atoms with Crippen LogP contribution in [-0.2, 0) is 16.1 Å². The molecule has 2 atom stereocenters. The predicted molar refractivity (Wildman–Crippen MR) is 123 cm³/mol. The predicted octanol–water partition coefficient (Wildman–Crippen LogP) is 4.90. The summed E-state index contributed by atoms with van der Waals surface area (Å²) >= 11 is 1.26. The molecule has 1 fully saturated rings. The molecule has 3 rings (SSSR count). The monoisotopic (exact) mass is 496 g/mol. The summed E-state index contributed by atoms with van der Waals surface area (Å²) in [6, 6.07) is 12.9. The van der Waals surface area contributed by atoms with E-state index in [4.69, 9.17) is 4.74 Å². The lowest BCUT2D eigenvalue weighted by Gasteiger charge is -2.26. The maximum atomic E-state index is 13.1. The van der Waals surface area contributed by atoms with E-state index in [1.165, 1.54) is 30.0 Å². The highest BCUT2D eigenvalue weighted by Crippen LogP contribution is 2.45. The smallest absolute Gasteiger partial charge is 0.497 e. The number of nitrogens with one attached hydrogen (secondary N) is 1. The maximum absolute atomic E-state index is 13.1. The van der Waals surface area contributed by atoms with Crippen LogP contribution in [0.4, 0.5) is 13.2 Å². The molecule has 0 spiro atoms. The molecule has 0 bridgehead atoms. The molecule has 10 heteroatoms. The summed E-state index contributed by atoms with van der Waals surface area (Å²) < 4.78 is 47.2. The second-order valence-electron chi connectivity index (χ2n) is 8.31. The van der Waals surface area contributed by atoms with Crippen LogP contribution < -0.4 is 14.8 Å². The summed E-state index contributed by atoms with van der Waals surface area (Å²) in [6.07, 6.45) is -4.84. The number of hydrogen-bond acceptors (Lipinski definition) is 5. The van der Waals surface area contributed by atoms with Crippen LogP contribution in [0.25, 0.3) is 0 Å². The fraction of sp³-hybridized carbons (Fsp3) is 0.417. The Bertz CT molecular complexity index is 1020. The molecule has 0 aromatic heterocycles. The van der Waals surface area contributed by atoms with Crippen LogP contribution in [-0.4, -0.2) is 42.0 Å². The van der Waals surface area contributed by atoms with E-state index < -0.39 is 17.0 Å². The highest BCUT2D eigenvalue weighted by molar-refractivity contribution is 8.01. The van der Waals surface area contributed by atoms with Crippen molar-refractivity contribution < 1.29 is 32.2 Å². The highest BCUT2D eigenvalue weighted by atomic mass is 32.2. The molecule has 184 valence electrons. The number of ether oxygens (including phenoxy) is 2. The van der Waals surface area contributed by atoms with Crippen LogP contribution >= 0.6 is 11.8 Å². The van der Waals surface area contributed by atoms with Gasteiger partial charge in [0.05, 0.1) is 12.4 Å². The third-order valence-corrected chi connectivity index (χ3v) is 6.55. The lowest BCUT2D eigenvalue weighted by molar-refractivity contribution is -0.274. The van der Waals surface area contributed by atoms with Crippen molar-refractivity contribution in [2.75, 3.05) is 13.7 Å². The molecule has 2 unspecified atom stereocenters. The third kappa shape index (κ3) is 7.06. The molecular formula is C24H27F3N2O4S. The fourth-order valence-corrected chi connectivity index (χ4v) is 5.10. The number of hydrogen-bond donors (Lipinski definition) is 1. The summed E-state index contributed by atoms with van der Waals surface area (Å²) in [5.41, 5.74) is 1.37. The number of alkyl halides is 3. The highest BCUT2D eigenvalue weighted by Gasteiger charge is 2.42. The van der Waals surface area contributed by atoms with E-state index in [2.05, 4.69) is 10.1 Å². The molecular weight excluding hydrogens is 469 g/mol. The molecule has 2 aromatic rings. The molecule has 0 radical (unpaired) electrons. The van der Waals surface area contributed by atoms with E-state index in [1.807, 2.05) is 32.0 Å². The molecule has 1 N–H and O–H groups in total. The van der Waals surface area contributed by atoms with Crippen LogP contribution in [0.5, 0.6) is 11.5 Å². The summed E-state index contributed by atoms with van der Waals surface area (Å²) in [5, 5.41) is 1.67. The minimum Gasteiger partial charge on any atom is -0.497 e. The maximum Gasteiger partial charge on any atom is 0.573 e. The summed E-state index contributed by atoms with van der Waals surface area (Å²) in [5.74, 6) is -0.0168. The van der Waals surface area contributed by atoms with E-state index in [0.29, 0.717) is 17.9 Å². The SMILES string of the molecule is COc1cccc(CNC(=O)CC2SC(c3cccc(OC(F)(F)F)c3)N(CC(C)C)C2=O)c1. The molecule has 1 aliphatic rings. The Morgan fingerprint density at radius 3 is 2.53 bits per heavy atom. The van der Waals surface area contributed by atoms with Gasteiger partial charge in [-0.15, -0.1) is 24.9 Å². The molecule has 0 saturated carbocycles. The Morgan fingerprint density at radius 1 is 1.15 bits per heavy atom. The van der Waals surface area contributed by atoms with Gasteiger partial charge in [0.1, 0.15) is 16.9 Å². The average Bonchev–Trinajstić information content (AvgIpc) is 3.06.